The fraction of sp³-hybridized carbons (Fsp3) is 0.588. The van der Waals surface area contributed by atoms with Crippen LogP contribution in [0.2, 0.25) is 0 Å². The molecule has 0 saturated carbocycles. The Morgan fingerprint density at radius 3 is 2.54 bits per heavy atom. The molecule has 7 nitrogen and oxygen atoms in total. The number of hydrogen-bond acceptors (Lipinski definition) is 5. The molecule has 146 valence electrons. The van der Waals surface area contributed by atoms with Crippen LogP contribution in [0.3, 0.4) is 0 Å². The molecular formula is C17H26N2O5S2. The number of carbonyl (C=O) groups excluding carboxylic acids is 1. The lowest BCUT2D eigenvalue weighted by molar-refractivity contribution is -0.130. The van der Waals surface area contributed by atoms with Crippen LogP contribution in [0, 0.1) is 5.92 Å². The van der Waals surface area contributed by atoms with Crippen molar-refractivity contribution in [3.05, 3.63) is 29.8 Å². The number of amides is 1. The molecule has 1 heterocycles. The summed E-state index contributed by atoms with van der Waals surface area (Å²) < 4.78 is 50.3. The molecule has 2 rings (SSSR count). The standard InChI is InChI=1S/C17H26N2O5S2/c1-14-6-5-9-19(11-14)17(20)13-25(21,22)12-15-7-4-8-16(10-15)26(23,24)18(2)3/h4,7-8,10,14H,5-6,9,11-13H2,1-3H3. The van der Waals surface area contributed by atoms with E-state index in [2.05, 4.69) is 0 Å². The van der Waals surface area contributed by atoms with Crippen LogP contribution >= 0.6 is 0 Å². The molecule has 26 heavy (non-hydrogen) atoms. The molecule has 0 N–H and O–H groups in total. The van der Waals surface area contributed by atoms with Gasteiger partial charge in [-0.3, -0.25) is 4.79 Å². The highest BCUT2D eigenvalue weighted by atomic mass is 32.2. The quantitative estimate of drug-likeness (QED) is 0.711. The summed E-state index contributed by atoms with van der Waals surface area (Å²) in [6.45, 7) is 3.23. The topological polar surface area (TPSA) is 91.8 Å². The van der Waals surface area contributed by atoms with Gasteiger partial charge >= 0.3 is 0 Å². The van der Waals surface area contributed by atoms with Gasteiger partial charge in [-0.15, -0.1) is 0 Å². The average Bonchev–Trinajstić information content (AvgIpc) is 2.54. The van der Waals surface area contributed by atoms with Crippen LogP contribution < -0.4 is 0 Å². The van der Waals surface area contributed by atoms with Crippen LogP contribution in [-0.2, 0) is 30.4 Å². The summed E-state index contributed by atoms with van der Waals surface area (Å²) in [6.07, 6.45) is 1.93. The predicted octanol–water partition coefficient (Wildman–Crippen LogP) is 1.11. The first-order chi connectivity index (χ1) is 12.0. The Labute approximate surface area is 156 Å². The van der Waals surface area contributed by atoms with Crippen molar-refractivity contribution in [2.75, 3.05) is 32.9 Å². The second-order valence-corrected chi connectivity index (χ2v) is 11.3. The zero-order valence-electron chi connectivity index (χ0n) is 15.4. The summed E-state index contributed by atoms with van der Waals surface area (Å²) in [5.41, 5.74) is 0.354. The van der Waals surface area contributed by atoms with E-state index in [4.69, 9.17) is 0 Å². The van der Waals surface area contributed by atoms with Gasteiger partial charge in [0.25, 0.3) is 0 Å². The summed E-state index contributed by atoms with van der Waals surface area (Å²) in [4.78, 5) is 14.0. The lowest BCUT2D eigenvalue weighted by Gasteiger charge is -2.30. The summed E-state index contributed by atoms with van der Waals surface area (Å²) in [7, 11) is -4.49. The van der Waals surface area contributed by atoms with E-state index in [-0.39, 0.29) is 16.6 Å². The van der Waals surface area contributed by atoms with E-state index in [1.807, 2.05) is 6.92 Å². The number of sulfone groups is 1. The Kier molecular flexibility index (Phi) is 6.46. The first kappa shape index (κ1) is 20.9. The molecule has 0 aliphatic carbocycles. The molecule has 0 bridgehead atoms. The Morgan fingerprint density at radius 2 is 1.92 bits per heavy atom. The number of benzene rings is 1. The second kappa shape index (κ2) is 8.06. The van der Waals surface area contributed by atoms with Crippen LogP contribution in [0.15, 0.2) is 29.2 Å². The summed E-state index contributed by atoms with van der Waals surface area (Å²) >= 11 is 0. The van der Waals surface area contributed by atoms with Gasteiger partial charge in [-0.2, -0.15) is 0 Å². The number of sulfonamides is 1. The number of nitrogens with zero attached hydrogens (tertiary/aromatic N) is 2. The maximum atomic E-state index is 12.4. The fourth-order valence-electron chi connectivity index (χ4n) is 3.01. The number of carbonyl (C=O) groups is 1. The number of likely N-dealkylation sites (tertiary alicyclic amines) is 1. The zero-order chi connectivity index (χ0) is 19.5. The first-order valence-electron chi connectivity index (χ1n) is 8.51. The Hall–Kier alpha value is -1.45. The van der Waals surface area contributed by atoms with E-state index < -0.39 is 25.6 Å². The van der Waals surface area contributed by atoms with E-state index in [1.165, 1.54) is 32.3 Å². The Balaban J connectivity index is 2.11. The van der Waals surface area contributed by atoms with Gasteiger partial charge in [0.2, 0.25) is 15.9 Å². The van der Waals surface area contributed by atoms with Gasteiger partial charge in [-0.1, -0.05) is 19.1 Å². The lowest BCUT2D eigenvalue weighted by Crippen LogP contribution is -2.42. The van der Waals surface area contributed by atoms with Crippen molar-refractivity contribution in [2.45, 2.75) is 30.4 Å². The van der Waals surface area contributed by atoms with E-state index in [1.54, 1.807) is 11.0 Å². The van der Waals surface area contributed by atoms with Crippen molar-refractivity contribution in [1.29, 1.82) is 0 Å². The molecule has 1 atom stereocenters. The monoisotopic (exact) mass is 402 g/mol. The SMILES string of the molecule is CC1CCCN(C(=O)CS(=O)(=O)Cc2cccc(S(=O)(=O)N(C)C)c2)C1. The maximum absolute atomic E-state index is 12.4. The van der Waals surface area contributed by atoms with Crippen molar-refractivity contribution < 1.29 is 21.6 Å². The molecule has 1 saturated heterocycles. The third-order valence-corrected chi connectivity index (χ3v) is 7.69. The molecule has 1 aromatic rings. The van der Waals surface area contributed by atoms with Crippen LogP contribution in [0.25, 0.3) is 0 Å². The van der Waals surface area contributed by atoms with Gasteiger partial charge in [-0.25, -0.2) is 21.1 Å². The number of hydrogen-bond donors (Lipinski definition) is 0. The van der Waals surface area contributed by atoms with Crippen LogP contribution in [0.4, 0.5) is 0 Å². The van der Waals surface area contributed by atoms with E-state index >= 15 is 0 Å². The van der Waals surface area contributed by atoms with E-state index in [0.29, 0.717) is 24.6 Å². The van der Waals surface area contributed by atoms with Crippen LogP contribution in [-0.4, -0.2) is 64.9 Å². The molecule has 1 unspecified atom stereocenters. The zero-order valence-corrected chi connectivity index (χ0v) is 17.0. The van der Waals surface area contributed by atoms with E-state index in [9.17, 15) is 21.6 Å². The van der Waals surface area contributed by atoms with Gasteiger partial charge in [0.1, 0.15) is 5.75 Å². The molecule has 1 aliphatic rings. The smallest absolute Gasteiger partial charge is 0.242 e. The fourth-order valence-corrected chi connectivity index (χ4v) is 5.33. The summed E-state index contributed by atoms with van der Waals surface area (Å²) in [5.74, 6) is -0.916. The minimum Gasteiger partial charge on any atom is -0.342 e. The van der Waals surface area contributed by atoms with Gasteiger partial charge in [0.15, 0.2) is 9.84 Å². The Bertz CT molecular complexity index is 863. The molecule has 1 fully saturated rings. The summed E-state index contributed by atoms with van der Waals surface area (Å²) in [5, 5.41) is 0. The predicted molar refractivity (Wildman–Crippen MR) is 99.8 cm³/mol. The van der Waals surface area contributed by atoms with E-state index in [0.717, 1.165) is 17.1 Å². The van der Waals surface area contributed by atoms with Crippen LogP contribution in [0.5, 0.6) is 0 Å². The first-order valence-corrected chi connectivity index (χ1v) is 11.8. The van der Waals surface area contributed by atoms with Crippen molar-refractivity contribution in [3.8, 4) is 0 Å². The van der Waals surface area contributed by atoms with Gasteiger partial charge in [-0.05, 0) is 36.5 Å². The number of rotatable bonds is 6. The molecule has 1 aromatic carbocycles. The largest absolute Gasteiger partial charge is 0.342 e. The molecule has 0 radical (unpaired) electrons. The normalized spacial score (nSPS) is 18.9. The Morgan fingerprint density at radius 1 is 1.23 bits per heavy atom. The van der Waals surface area contributed by atoms with Crippen molar-refractivity contribution >= 4 is 25.8 Å². The minimum absolute atomic E-state index is 0.0337. The molecular weight excluding hydrogens is 376 g/mol. The van der Waals surface area contributed by atoms with Crippen molar-refractivity contribution in [3.63, 3.8) is 0 Å². The highest BCUT2D eigenvalue weighted by Gasteiger charge is 2.26. The van der Waals surface area contributed by atoms with Crippen LogP contribution in [0.1, 0.15) is 25.3 Å². The highest BCUT2D eigenvalue weighted by molar-refractivity contribution is 7.91. The third kappa shape index (κ3) is 5.28. The van der Waals surface area contributed by atoms with Gasteiger partial charge in [0.05, 0.1) is 10.6 Å². The maximum Gasteiger partial charge on any atom is 0.242 e. The lowest BCUT2D eigenvalue weighted by atomic mass is 10.0. The van der Waals surface area contributed by atoms with Crippen molar-refractivity contribution in [2.24, 2.45) is 5.92 Å². The average molecular weight is 403 g/mol. The third-order valence-electron chi connectivity index (χ3n) is 4.42. The molecule has 0 spiro atoms. The highest BCUT2D eigenvalue weighted by Crippen LogP contribution is 2.18. The minimum atomic E-state index is -3.68. The molecule has 0 aromatic heterocycles. The summed E-state index contributed by atoms with van der Waals surface area (Å²) in [6, 6.07) is 5.83. The molecule has 1 amide bonds. The second-order valence-electron chi connectivity index (χ2n) is 7.05. The van der Waals surface area contributed by atoms with Gasteiger partial charge < -0.3 is 4.90 Å². The van der Waals surface area contributed by atoms with Gasteiger partial charge in [0, 0.05) is 27.2 Å². The van der Waals surface area contributed by atoms with Crippen molar-refractivity contribution in [1.82, 2.24) is 9.21 Å². The molecule has 1 aliphatic heterocycles. The molecule has 9 heteroatoms. The number of piperidine rings is 1.